The number of carbonyl (C=O) groups is 1. The van der Waals surface area contributed by atoms with E-state index in [0.29, 0.717) is 21.7 Å². The Morgan fingerprint density at radius 2 is 2.00 bits per heavy atom. The van der Waals surface area contributed by atoms with Gasteiger partial charge in [-0.1, -0.05) is 59.8 Å². The standard InChI is InChI=1S/C18H17ClN4OS/c1-11-8-9-14(19)10-15(11)20-17(24)12(2)25-18-21-16(22-23-18)13-6-4-3-5-7-13/h3-10,12H,1-2H3,(H,20,24)(H,21,22,23)/t12-/m0/s1. The third-order valence-electron chi connectivity index (χ3n) is 3.62. The number of carbonyl (C=O) groups excluding carboxylic acids is 1. The molecule has 0 aliphatic heterocycles. The summed E-state index contributed by atoms with van der Waals surface area (Å²) in [5, 5.41) is 10.7. The number of nitrogens with one attached hydrogen (secondary N) is 2. The van der Waals surface area contributed by atoms with Gasteiger partial charge in [-0.2, -0.15) is 0 Å². The first-order chi connectivity index (χ1) is 12.0. The SMILES string of the molecule is Cc1ccc(Cl)cc1NC(=O)[C@H](C)Sc1n[nH]c(-c2ccccc2)n1. The fourth-order valence-electron chi connectivity index (χ4n) is 2.20. The lowest BCUT2D eigenvalue weighted by Crippen LogP contribution is -2.23. The Kier molecular flexibility index (Phi) is 5.40. The molecular formula is C18H17ClN4OS. The molecule has 0 fully saturated rings. The maximum atomic E-state index is 12.4. The number of hydrogen-bond donors (Lipinski definition) is 2. The number of benzene rings is 2. The van der Waals surface area contributed by atoms with Gasteiger partial charge in [-0.25, -0.2) is 4.98 Å². The molecule has 0 aliphatic rings. The van der Waals surface area contributed by atoms with Crippen LogP contribution in [0.3, 0.4) is 0 Å². The molecule has 0 spiro atoms. The van der Waals surface area contributed by atoms with Crippen LogP contribution in [-0.2, 0) is 4.79 Å². The van der Waals surface area contributed by atoms with E-state index in [4.69, 9.17) is 11.6 Å². The van der Waals surface area contributed by atoms with Crippen LogP contribution in [0.2, 0.25) is 5.02 Å². The van der Waals surface area contributed by atoms with E-state index in [1.54, 1.807) is 12.1 Å². The highest BCUT2D eigenvalue weighted by molar-refractivity contribution is 8.00. The molecule has 7 heteroatoms. The molecule has 1 heterocycles. The van der Waals surface area contributed by atoms with E-state index in [2.05, 4.69) is 20.5 Å². The number of halogens is 1. The molecule has 25 heavy (non-hydrogen) atoms. The predicted molar refractivity (Wildman–Crippen MR) is 102 cm³/mol. The number of rotatable bonds is 5. The number of hydrogen-bond acceptors (Lipinski definition) is 4. The monoisotopic (exact) mass is 372 g/mol. The normalized spacial score (nSPS) is 12.0. The summed E-state index contributed by atoms with van der Waals surface area (Å²) in [5.41, 5.74) is 2.62. The lowest BCUT2D eigenvalue weighted by atomic mass is 10.2. The molecule has 0 radical (unpaired) electrons. The minimum Gasteiger partial charge on any atom is -0.325 e. The van der Waals surface area contributed by atoms with Crippen LogP contribution in [0, 0.1) is 6.92 Å². The van der Waals surface area contributed by atoms with Crippen molar-refractivity contribution in [3.63, 3.8) is 0 Å². The van der Waals surface area contributed by atoms with E-state index < -0.39 is 0 Å². The summed E-state index contributed by atoms with van der Waals surface area (Å²) in [6, 6.07) is 15.1. The number of thioether (sulfide) groups is 1. The quantitative estimate of drug-likeness (QED) is 0.644. The van der Waals surface area contributed by atoms with Crippen molar-refractivity contribution in [3.05, 3.63) is 59.1 Å². The van der Waals surface area contributed by atoms with Gasteiger partial charge in [-0.05, 0) is 31.5 Å². The fraction of sp³-hybridized carbons (Fsp3) is 0.167. The molecule has 0 bridgehead atoms. The molecular weight excluding hydrogens is 356 g/mol. The number of aryl methyl sites for hydroxylation is 1. The van der Waals surface area contributed by atoms with E-state index in [-0.39, 0.29) is 11.2 Å². The zero-order valence-corrected chi connectivity index (χ0v) is 15.4. The molecule has 1 amide bonds. The molecule has 3 rings (SSSR count). The van der Waals surface area contributed by atoms with Gasteiger partial charge in [-0.3, -0.25) is 9.89 Å². The Hall–Kier alpha value is -2.31. The van der Waals surface area contributed by atoms with Gasteiger partial charge in [0.25, 0.3) is 0 Å². The molecule has 1 atom stereocenters. The van der Waals surface area contributed by atoms with E-state index in [9.17, 15) is 4.79 Å². The van der Waals surface area contributed by atoms with Crippen LogP contribution in [0.4, 0.5) is 5.69 Å². The second-order valence-electron chi connectivity index (χ2n) is 5.54. The van der Waals surface area contributed by atoms with Crippen LogP contribution in [0.25, 0.3) is 11.4 Å². The highest BCUT2D eigenvalue weighted by Crippen LogP contribution is 2.25. The van der Waals surface area contributed by atoms with Crippen molar-refractivity contribution in [2.45, 2.75) is 24.3 Å². The van der Waals surface area contributed by atoms with Crippen LogP contribution in [0.5, 0.6) is 0 Å². The average Bonchev–Trinajstić information content (AvgIpc) is 3.07. The first kappa shape index (κ1) is 17.5. The molecule has 5 nitrogen and oxygen atoms in total. The maximum absolute atomic E-state index is 12.4. The Morgan fingerprint density at radius 1 is 1.24 bits per heavy atom. The molecule has 2 aromatic carbocycles. The van der Waals surface area contributed by atoms with Gasteiger partial charge in [0, 0.05) is 16.3 Å². The van der Waals surface area contributed by atoms with E-state index in [0.717, 1.165) is 11.1 Å². The second kappa shape index (κ2) is 7.72. The molecule has 0 unspecified atom stereocenters. The number of aromatic nitrogens is 3. The van der Waals surface area contributed by atoms with Gasteiger partial charge >= 0.3 is 0 Å². The summed E-state index contributed by atoms with van der Waals surface area (Å²) in [5.74, 6) is 0.558. The van der Waals surface area contributed by atoms with Crippen LogP contribution >= 0.6 is 23.4 Å². The van der Waals surface area contributed by atoms with Gasteiger partial charge in [0.1, 0.15) is 0 Å². The fourth-order valence-corrected chi connectivity index (χ4v) is 3.10. The topological polar surface area (TPSA) is 70.7 Å². The molecule has 0 saturated carbocycles. The number of anilines is 1. The lowest BCUT2D eigenvalue weighted by Gasteiger charge is -2.12. The van der Waals surface area contributed by atoms with Gasteiger partial charge in [-0.15, -0.1) is 5.10 Å². The molecule has 1 aromatic heterocycles. The summed E-state index contributed by atoms with van der Waals surface area (Å²) >= 11 is 7.29. The largest absolute Gasteiger partial charge is 0.325 e. The van der Waals surface area contributed by atoms with Crippen molar-refractivity contribution in [1.29, 1.82) is 0 Å². The zero-order chi connectivity index (χ0) is 17.8. The van der Waals surface area contributed by atoms with Crippen molar-refractivity contribution in [1.82, 2.24) is 15.2 Å². The smallest absolute Gasteiger partial charge is 0.237 e. The first-order valence-corrected chi connectivity index (χ1v) is 9.00. The van der Waals surface area contributed by atoms with E-state index in [1.165, 1.54) is 11.8 Å². The van der Waals surface area contributed by atoms with Crippen LogP contribution in [0.1, 0.15) is 12.5 Å². The third kappa shape index (κ3) is 4.41. The first-order valence-electron chi connectivity index (χ1n) is 7.74. The summed E-state index contributed by atoms with van der Waals surface area (Å²) in [4.78, 5) is 16.9. The number of nitrogens with zero attached hydrogens (tertiary/aromatic N) is 2. The summed E-state index contributed by atoms with van der Waals surface area (Å²) in [6.07, 6.45) is 0. The average molecular weight is 373 g/mol. The van der Waals surface area contributed by atoms with Crippen LogP contribution < -0.4 is 5.32 Å². The Bertz CT molecular complexity index is 882. The Morgan fingerprint density at radius 3 is 2.76 bits per heavy atom. The van der Waals surface area contributed by atoms with Gasteiger partial charge in [0.05, 0.1) is 5.25 Å². The minimum absolute atomic E-state index is 0.124. The number of H-pyrrole nitrogens is 1. The summed E-state index contributed by atoms with van der Waals surface area (Å²) in [6.45, 7) is 3.74. The lowest BCUT2D eigenvalue weighted by molar-refractivity contribution is -0.115. The van der Waals surface area contributed by atoms with Gasteiger partial charge in [0.2, 0.25) is 11.1 Å². The highest BCUT2D eigenvalue weighted by atomic mass is 35.5. The van der Waals surface area contributed by atoms with Gasteiger partial charge < -0.3 is 5.32 Å². The number of aromatic amines is 1. The Balaban J connectivity index is 1.66. The van der Waals surface area contributed by atoms with Crippen molar-refractivity contribution in [3.8, 4) is 11.4 Å². The third-order valence-corrected chi connectivity index (χ3v) is 4.82. The maximum Gasteiger partial charge on any atom is 0.237 e. The highest BCUT2D eigenvalue weighted by Gasteiger charge is 2.18. The Labute approximate surface area is 155 Å². The molecule has 128 valence electrons. The van der Waals surface area contributed by atoms with Crippen molar-refractivity contribution < 1.29 is 4.79 Å². The predicted octanol–water partition coefficient (Wildman–Crippen LogP) is 4.55. The van der Waals surface area contributed by atoms with Crippen molar-refractivity contribution in [2.75, 3.05) is 5.32 Å². The van der Waals surface area contributed by atoms with Crippen LogP contribution in [-0.4, -0.2) is 26.3 Å². The van der Waals surface area contributed by atoms with E-state index in [1.807, 2.05) is 50.2 Å². The minimum atomic E-state index is -0.349. The molecule has 0 aliphatic carbocycles. The van der Waals surface area contributed by atoms with Crippen LogP contribution in [0.15, 0.2) is 53.7 Å². The van der Waals surface area contributed by atoms with Crippen molar-refractivity contribution in [2.24, 2.45) is 0 Å². The number of amides is 1. The summed E-state index contributed by atoms with van der Waals surface area (Å²) < 4.78 is 0. The van der Waals surface area contributed by atoms with E-state index >= 15 is 0 Å². The summed E-state index contributed by atoms with van der Waals surface area (Å²) in [7, 11) is 0. The molecule has 2 N–H and O–H groups in total. The zero-order valence-electron chi connectivity index (χ0n) is 13.8. The second-order valence-corrected chi connectivity index (χ2v) is 7.29. The molecule has 0 saturated heterocycles. The van der Waals surface area contributed by atoms with Gasteiger partial charge in [0.15, 0.2) is 5.82 Å². The molecule has 3 aromatic rings. The van der Waals surface area contributed by atoms with Crippen molar-refractivity contribution >= 4 is 35.0 Å².